The van der Waals surface area contributed by atoms with E-state index < -0.39 is 5.91 Å². The van der Waals surface area contributed by atoms with Gasteiger partial charge in [-0.15, -0.1) is 0 Å². The average molecular weight is 404 g/mol. The lowest BCUT2D eigenvalue weighted by molar-refractivity contribution is -0.605. The number of nitrogens with zero attached hydrogens (tertiary/aromatic N) is 2. The fourth-order valence-corrected chi connectivity index (χ4v) is 3.34. The topological polar surface area (TPSA) is 93.4 Å². The third-order valence-corrected chi connectivity index (χ3v) is 4.89. The summed E-state index contributed by atoms with van der Waals surface area (Å²) in [5, 5.41) is 13.8. The monoisotopic (exact) mass is 403 g/mol. The number of pyridine rings is 1. The number of benzene rings is 1. The van der Waals surface area contributed by atoms with E-state index in [0.717, 1.165) is 22.2 Å². The molecule has 9 heteroatoms. The van der Waals surface area contributed by atoms with Crippen molar-refractivity contribution in [1.82, 2.24) is 10.2 Å². The van der Waals surface area contributed by atoms with E-state index in [-0.39, 0.29) is 24.2 Å². The molecule has 0 radical (unpaired) electrons. The van der Waals surface area contributed by atoms with E-state index >= 15 is 0 Å². The average Bonchev–Trinajstić information content (AvgIpc) is 2.91. The standard InChI is InChI=1S/C18H14ClN3O4S/c19-14-3-1-12(2-4-14)11-15-17(24)22(18(25)27-15)10-7-20-16(23)13-5-8-21(26)9-6-13/h1-6,8-9,11H,7,10H2,(H,20,23)/b15-11+. The normalized spacial score (nSPS) is 15.4. The summed E-state index contributed by atoms with van der Waals surface area (Å²) >= 11 is 6.68. The molecule has 1 saturated heterocycles. The van der Waals surface area contributed by atoms with Gasteiger partial charge >= 0.3 is 0 Å². The van der Waals surface area contributed by atoms with E-state index in [2.05, 4.69) is 5.32 Å². The van der Waals surface area contributed by atoms with Gasteiger partial charge in [-0.1, -0.05) is 23.7 Å². The molecule has 27 heavy (non-hydrogen) atoms. The Morgan fingerprint density at radius 3 is 2.52 bits per heavy atom. The molecular formula is C18H14ClN3O4S. The number of nitrogens with one attached hydrogen (secondary N) is 1. The van der Waals surface area contributed by atoms with Gasteiger partial charge in [0, 0.05) is 30.2 Å². The van der Waals surface area contributed by atoms with E-state index in [9.17, 15) is 19.6 Å². The fourth-order valence-electron chi connectivity index (χ4n) is 2.35. The summed E-state index contributed by atoms with van der Waals surface area (Å²) in [4.78, 5) is 37.9. The largest absolute Gasteiger partial charge is 0.619 e. The van der Waals surface area contributed by atoms with Crippen molar-refractivity contribution in [2.45, 2.75) is 0 Å². The third kappa shape index (κ3) is 4.66. The van der Waals surface area contributed by atoms with Gasteiger partial charge in [0.15, 0.2) is 12.4 Å². The zero-order valence-corrected chi connectivity index (χ0v) is 15.5. The molecule has 1 fully saturated rings. The summed E-state index contributed by atoms with van der Waals surface area (Å²) in [6, 6.07) is 9.68. The van der Waals surface area contributed by atoms with Gasteiger partial charge in [0.25, 0.3) is 17.1 Å². The van der Waals surface area contributed by atoms with Gasteiger partial charge in [-0.05, 0) is 35.5 Å². The first-order valence-corrected chi connectivity index (χ1v) is 9.11. The zero-order chi connectivity index (χ0) is 19.4. The lowest BCUT2D eigenvalue weighted by atomic mass is 10.2. The lowest BCUT2D eigenvalue weighted by Crippen LogP contribution is -2.37. The number of carbonyl (C=O) groups is 3. The second kappa shape index (κ2) is 8.24. The Labute approximate surface area is 164 Å². The van der Waals surface area contributed by atoms with Crippen molar-refractivity contribution < 1.29 is 19.1 Å². The highest BCUT2D eigenvalue weighted by Crippen LogP contribution is 2.32. The molecule has 1 aliphatic rings. The maximum Gasteiger partial charge on any atom is 0.293 e. The molecule has 1 N–H and O–H groups in total. The SMILES string of the molecule is O=C(NCCN1C(=O)S/C(=C/c2ccc(Cl)cc2)C1=O)c1cc[n+]([O-])cc1. The Balaban J connectivity index is 1.58. The Morgan fingerprint density at radius 2 is 1.85 bits per heavy atom. The van der Waals surface area contributed by atoms with Gasteiger partial charge < -0.3 is 10.5 Å². The number of rotatable bonds is 5. The molecule has 0 bridgehead atoms. The molecule has 0 aliphatic carbocycles. The molecule has 0 spiro atoms. The van der Waals surface area contributed by atoms with Crippen molar-refractivity contribution >= 4 is 46.5 Å². The quantitative estimate of drug-likeness (QED) is 0.470. The molecule has 2 heterocycles. The first-order chi connectivity index (χ1) is 12.9. The van der Waals surface area contributed by atoms with Gasteiger partial charge in [-0.3, -0.25) is 19.3 Å². The van der Waals surface area contributed by atoms with E-state index in [1.165, 1.54) is 24.5 Å². The summed E-state index contributed by atoms with van der Waals surface area (Å²) in [6.07, 6.45) is 4.06. The van der Waals surface area contributed by atoms with Gasteiger partial charge in [0.2, 0.25) is 0 Å². The van der Waals surface area contributed by atoms with Gasteiger partial charge in [0.05, 0.1) is 10.5 Å². The predicted octanol–water partition coefficient (Wildman–Crippen LogP) is 2.44. The molecule has 2 aromatic rings. The fraction of sp³-hybridized carbons (Fsp3) is 0.111. The number of aromatic nitrogens is 1. The number of thioether (sulfide) groups is 1. The number of hydrogen-bond donors (Lipinski definition) is 1. The highest BCUT2D eigenvalue weighted by Gasteiger charge is 2.34. The summed E-state index contributed by atoms with van der Waals surface area (Å²) in [5.41, 5.74) is 1.08. The van der Waals surface area contributed by atoms with Crippen molar-refractivity contribution in [3.05, 3.63) is 75.1 Å². The summed E-state index contributed by atoms with van der Waals surface area (Å²) in [5.74, 6) is -0.791. The van der Waals surface area contributed by atoms with E-state index in [1.807, 2.05) is 0 Å². The zero-order valence-electron chi connectivity index (χ0n) is 13.9. The molecule has 0 unspecified atom stereocenters. The van der Waals surface area contributed by atoms with Crippen molar-refractivity contribution in [3.8, 4) is 0 Å². The minimum absolute atomic E-state index is 0.0583. The van der Waals surface area contributed by atoms with Crippen LogP contribution in [0, 0.1) is 5.21 Å². The minimum Gasteiger partial charge on any atom is -0.619 e. The number of halogens is 1. The van der Waals surface area contributed by atoms with Crippen LogP contribution >= 0.6 is 23.4 Å². The molecule has 1 aromatic heterocycles. The van der Waals surface area contributed by atoms with E-state index in [4.69, 9.17) is 11.6 Å². The maximum atomic E-state index is 12.4. The van der Waals surface area contributed by atoms with Crippen LogP contribution in [0.1, 0.15) is 15.9 Å². The second-order valence-electron chi connectivity index (χ2n) is 5.59. The molecule has 3 amide bonds. The predicted molar refractivity (Wildman–Crippen MR) is 102 cm³/mol. The summed E-state index contributed by atoms with van der Waals surface area (Å²) in [7, 11) is 0. The Hall–Kier alpha value is -2.84. The maximum absolute atomic E-state index is 12.4. The Morgan fingerprint density at radius 1 is 1.19 bits per heavy atom. The second-order valence-corrected chi connectivity index (χ2v) is 7.02. The van der Waals surface area contributed by atoms with Crippen LogP contribution in [-0.4, -0.2) is 35.0 Å². The van der Waals surface area contributed by atoms with E-state index in [0.29, 0.717) is 20.2 Å². The number of imide groups is 1. The Kier molecular flexibility index (Phi) is 5.78. The van der Waals surface area contributed by atoms with Crippen molar-refractivity contribution in [3.63, 3.8) is 0 Å². The van der Waals surface area contributed by atoms with Crippen LogP contribution in [0.25, 0.3) is 6.08 Å². The van der Waals surface area contributed by atoms with Crippen LogP contribution < -0.4 is 10.0 Å². The first-order valence-electron chi connectivity index (χ1n) is 7.92. The van der Waals surface area contributed by atoms with Gasteiger partial charge in [-0.2, -0.15) is 4.73 Å². The molecule has 7 nitrogen and oxygen atoms in total. The minimum atomic E-state index is -0.402. The third-order valence-electron chi connectivity index (χ3n) is 3.73. The first kappa shape index (κ1) is 18.9. The summed E-state index contributed by atoms with van der Waals surface area (Å²) < 4.78 is 0.574. The molecular weight excluding hydrogens is 390 g/mol. The van der Waals surface area contributed by atoms with E-state index in [1.54, 1.807) is 30.3 Å². The number of hydrogen-bond acceptors (Lipinski definition) is 5. The van der Waals surface area contributed by atoms with Crippen molar-refractivity contribution in [2.75, 3.05) is 13.1 Å². The highest BCUT2D eigenvalue weighted by molar-refractivity contribution is 8.18. The van der Waals surface area contributed by atoms with Crippen LogP contribution in [-0.2, 0) is 4.79 Å². The van der Waals surface area contributed by atoms with Gasteiger partial charge in [0.1, 0.15) is 0 Å². The molecule has 0 saturated carbocycles. The summed E-state index contributed by atoms with van der Waals surface area (Å²) in [6.45, 7) is 0.167. The smallest absolute Gasteiger partial charge is 0.293 e. The van der Waals surface area contributed by atoms with Crippen LogP contribution in [0.3, 0.4) is 0 Å². The molecule has 1 aromatic carbocycles. The number of carbonyl (C=O) groups excluding carboxylic acids is 3. The lowest BCUT2D eigenvalue weighted by Gasteiger charge is -2.12. The number of amides is 3. The highest BCUT2D eigenvalue weighted by atomic mass is 35.5. The van der Waals surface area contributed by atoms with Gasteiger partial charge in [-0.25, -0.2) is 0 Å². The molecule has 1 aliphatic heterocycles. The molecule has 0 atom stereocenters. The molecule has 3 rings (SSSR count). The van der Waals surface area contributed by atoms with Crippen LogP contribution in [0.2, 0.25) is 5.02 Å². The van der Waals surface area contributed by atoms with Crippen molar-refractivity contribution in [1.29, 1.82) is 0 Å². The molecule has 138 valence electrons. The van der Waals surface area contributed by atoms with Crippen molar-refractivity contribution in [2.24, 2.45) is 0 Å². The Bertz CT molecular complexity index is 913. The van der Waals surface area contributed by atoms with Crippen LogP contribution in [0.5, 0.6) is 0 Å². The van der Waals surface area contributed by atoms with Crippen LogP contribution in [0.4, 0.5) is 4.79 Å². The van der Waals surface area contributed by atoms with Crippen LogP contribution in [0.15, 0.2) is 53.7 Å².